The Morgan fingerprint density at radius 2 is 1.95 bits per heavy atom. The van der Waals surface area contributed by atoms with Crippen molar-refractivity contribution in [3.05, 3.63) is 28.2 Å². The summed E-state index contributed by atoms with van der Waals surface area (Å²) >= 11 is 3.64. The predicted octanol–water partition coefficient (Wildman–Crippen LogP) is 4.26. The third-order valence-corrected chi connectivity index (χ3v) is 5.40. The van der Waals surface area contributed by atoms with Crippen LogP contribution in [0.2, 0.25) is 0 Å². The Hall–Kier alpha value is -0.540. The van der Waals surface area contributed by atoms with E-state index in [0.29, 0.717) is 11.6 Å². The van der Waals surface area contributed by atoms with Gasteiger partial charge < -0.3 is 10.2 Å². The summed E-state index contributed by atoms with van der Waals surface area (Å²) in [4.78, 5) is 2.61. The summed E-state index contributed by atoms with van der Waals surface area (Å²) in [6.07, 6.45) is 6.85. The third-order valence-electron chi connectivity index (χ3n) is 4.95. The molecule has 1 spiro atoms. The molecule has 2 fully saturated rings. The Labute approximate surface area is 131 Å². The van der Waals surface area contributed by atoms with Crippen LogP contribution < -0.4 is 10.2 Å². The van der Waals surface area contributed by atoms with E-state index >= 15 is 0 Å². The second-order valence-corrected chi connectivity index (χ2v) is 7.60. The third kappa shape index (κ3) is 2.89. The first-order valence-electron chi connectivity index (χ1n) is 7.87. The molecule has 2 aliphatic rings. The molecule has 0 radical (unpaired) electrons. The van der Waals surface area contributed by atoms with Gasteiger partial charge in [0.2, 0.25) is 0 Å². The number of rotatable bonds is 1. The summed E-state index contributed by atoms with van der Waals surface area (Å²) in [5, 5.41) is 3.86. The minimum atomic E-state index is 0.362. The van der Waals surface area contributed by atoms with Gasteiger partial charge in [0.1, 0.15) is 0 Å². The van der Waals surface area contributed by atoms with Crippen LogP contribution in [-0.2, 0) is 0 Å². The normalized spacial score (nSPS) is 25.9. The van der Waals surface area contributed by atoms with Gasteiger partial charge in [-0.05, 0) is 50.5 Å². The Balaban J connectivity index is 1.86. The number of hydrogen-bond acceptors (Lipinski definition) is 2. The van der Waals surface area contributed by atoms with E-state index in [-0.39, 0.29) is 0 Å². The first-order valence-corrected chi connectivity index (χ1v) is 8.66. The van der Waals surface area contributed by atoms with E-state index in [1.54, 1.807) is 0 Å². The summed E-state index contributed by atoms with van der Waals surface area (Å²) in [5.41, 5.74) is 3.06. The van der Waals surface area contributed by atoms with E-state index in [0.717, 1.165) is 13.1 Å². The minimum absolute atomic E-state index is 0.362. The molecule has 3 heteroatoms. The van der Waals surface area contributed by atoms with Crippen molar-refractivity contribution < 1.29 is 0 Å². The number of hydrogen-bond donors (Lipinski definition) is 1. The Morgan fingerprint density at radius 1 is 1.20 bits per heavy atom. The van der Waals surface area contributed by atoms with Gasteiger partial charge in [0.15, 0.2) is 0 Å². The molecule has 1 atom stereocenters. The zero-order chi connectivity index (χ0) is 14.2. The molecule has 110 valence electrons. The van der Waals surface area contributed by atoms with E-state index < -0.39 is 0 Å². The van der Waals surface area contributed by atoms with Gasteiger partial charge in [-0.2, -0.15) is 0 Å². The molecule has 1 saturated heterocycles. The minimum Gasteiger partial charge on any atom is -0.366 e. The van der Waals surface area contributed by atoms with E-state index in [2.05, 4.69) is 58.2 Å². The smallest absolute Gasteiger partial charge is 0.0387 e. The first-order chi connectivity index (χ1) is 9.58. The molecule has 0 amide bonds. The van der Waals surface area contributed by atoms with Gasteiger partial charge in [-0.25, -0.2) is 0 Å². The fourth-order valence-corrected chi connectivity index (χ4v) is 4.40. The Bertz CT molecular complexity index is 460. The van der Waals surface area contributed by atoms with Crippen molar-refractivity contribution in [3.63, 3.8) is 0 Å². The lowest BCUT2D eigenvalue weighted by atomic mass is 9.79. The van der Waals surface area contributed by atoms with E-state index in [9.17, 15) is 0 Å². The van der Waals surface area contributed by atoms with Crippen LogP contribution in [0.15, 0.2) is 22.7 Å². The topological polar surface area (TPSA) is 15.3 Å². The number of halogens is 1. The lowest BCUT2D eigenvalue weighted by Gasteiger charge is -2.50. The summed E-state index contributed by atoms with van der Waals surface area (Å²) < 4.78 is 1.19. The average molecular weight is 337 g/mol. The maximum atomic E-state index is 3.86. The molecule has 1 aromatic rings. The average Bonchev–Trinajstić information content (AvgIpc) is 2.42. The lowest BCUT2D eigenvalue weighted by Crippen LogP contribution is -2.64. The second kappa shape index (κ2) is 5.69. The number of anilines is 1. The highest BCUT2D eigenvalue weighted by molar-refractivity contribution is 9.10. The second-order valence-electron chi connectivity index (χ2n) is 6.69. The highest BCUT2D eigenvalue weighted by atomic mass is 79.9. The largest absolute Gasteiger partial charge is 0.366 e. The van der Waals surface area contributed by atoms with Crippen molar-refractivity contribution in [3.8, 4) is 0 Å². The predicted molar refractivity (Wildman–Crippen MR) is 89.5 cm³/mol. The highest BCUT2D eigenvalue weighted by Crippen LogP contribution is 2.34. The van der Waals surface area contributed by atoms with Crippen molar-refractivity contribution >= 4 is 21.6 Å². The number of aryl methyl sites for hydroxylation is 1. The maximum Gasteiger partial charge on any atom is 0.0387 e. The molecule has 0 bridgehead atoms. The fraction of sp³-hybridized carbons (Fsp3) is 0.647. The van der Waals surface area contributed by atoms with Crippen molar-refractivity contribution in [2.45, 2.75) is 57.5 Å². The molecule has 1 aliphatic carbocycles. The van der Waals surface area contributed by atoms with Crippen LogP contribution in [0.1, 0.15) is 44.6 Å². The van der Waals surface area contributed by atoms with Crippen LogP contribution in [0.25, 0.3) is 0 Å². The van der Waals surface area contributed by atoms with Gasteiger partial charge in [-0.3, -0.25) is 0 Å². The van der Waals surface area contributed by atoms with Crippen LogP contribution in [0.3, 0.4) is 0 Å². The van der Waals surface area contributed by atoms with Crippen LogP contribution in [-0.4, -0.2) is 24.7 Å². The zero-order valence-electron chi connectivity index (χ0n) is 12.6. The molecule has 1 N–H and O–H groups in total. The highest BCUT2D eigenvalue weighted by Gasteiger charge is 2.38. The summed E-state index contributed by atoms with van der Waals surface area (Å²) in [6.45, 7) is 6.77. The van der Waals surface area contributed by atoms with Crippen molar-refractivity contribution in [1.29, 1.82) is 0 Å². The van der Waals surface area contributed by atoms with Crippen LogP contribution in [0.5, 0.6) is 0 Å². The van der Waals surface area contributed by atoms with Gasteiger partial charge >= 0.3 is 0 Å². The number of benzene rings is 1. The van der Waals surface area contributed by atoms with Crippen LogP contribution in [0, 0.1) is 6.92 Å². The number of piperazine rings is 1. The Kier molecular flexibility index (Phi) is 4.09. The molecule has 1 aliphatic heterocycles. The molecule has 1 unspecified atom stereocenters. The van der Waals surface area contributed by atoms with Crippen molar-refractivity contribution in [2.24, 2.45) is 0 Å². The van der Waals surface area contributed by atoms with Gasteiger partial charge in [0, 0.05) is 34.8 Å². The quantitative estimate of drug-likeness (QED) is 0.824. The molecule has 2 nitrogen and oxygen atoms in total. The van der Waals surface area contributed by atoms with Gasteiger partial charge in [0.05, 0.1) is 0 Å². The van der Waals surface area contributed by atoms with Crippen molar-refractivity contribution in [2.75, 3.05) is 18.0 Å². The standard InChI is InChI=1S/C17H25BrN2/c1-13-8-15(18)10-16(9-13)20-12-17(19-11-14(20)2)6-4-3-5-7-17/h8-10,14,19H,3-7,11-12H2,1-2H3. The molecular weight excluding hydrogens is 312 g/mol. The zero-order valence-corrected chi connectivity index (χ0v) is 14.2. The summed E-state index contributed by atoms with van der Waals surface area (Å²) in [5.74, 6) is 0. The van der Waals surface area contributed by atoms with Gasteiger partial charge in [-0.15, -0.1) is 0 Å². The molecule has 3 rings (SSSR count). The molecule has 0 aromatic heterocycles. The van der Waals surface area contributed by atoms with Gasteiger partial charge in [0.25, 0.3) is 0 Å². The molecule has 1 aromatic carbocycles. The molecule has 1 saturated carbocycles. The fourth-order valence-electron chi connectivity index (χ4n) is 3.80. The lowest BCUT2D eigenvalue weighted by molar-refractivity contribution is 0.200. The molecule has 20 heavy (non-hydrogen) atoms. The first kappa shape index (κ1) is 14.4. The van der Waals surface area contributed by atoms with Crippen molar-refractivity contribution in [1.82, 2.24) is 5.32 Å². The van der Waals surface area contributed by atoms with Crippen LogP contribution >= 0.6 is 15.9 Å². The monoisotopic (exact) mass is 336 g/mol. The van der Waals surface area contributed by atoms with E-state index in [1.165, 1.54) is 47.8 Å². The number of nitrogens with zero attached hydrogens (tertiary/aromatic N) is 1. The van der Waals surface area contributed by atoms with E-state index in [4.69, 9.17) is 0 Å². The maximum absolute atomic E-state index is 3.86. The number of nitrogens with one attached hydrogen (secondary N) is 1. The molecule has 1 heterocycles. The van der Waals surface area contributed by atoms with Crippen LogP contribution in [0.4, 0.5) is 5.69 Å². The SMILES string of the molecule is Cc1cc(Br)cc(N2CC3(CCCCC3)NCC2C)c1. The van der Waals surface area contributed by atoms with Gasteiger partial charge in [-0.1, -0.05) is 35.2 Å². The van der Waals surface area contributed by atoms with E-state index in [1.807, 2.05) is 0 Å². The Morgan fingerprint density at radius 3 is 2.65 bits per heavy atom. The summed E-state index contributed by atoms with van der Waals surface area (Å²) in [6, 6.07) is 7.34. The molecular formula is C17H25BrN2. The summed E-state index contributed by atoms with van der Waals surface area (Å²) in [7, 11) is 0.